The molecular weight excluding hydrogens is 520 g/mol. The van der Waals surface area contributed by atoms with E-state index in [0.717, 1.165) is 11.4 Å². The van der Waals surface area contributed by atoms with Crippen molar-refractivity contribution in [3.05, 3.63) is 60.0 Å². The molecule has 2 atom stereocenters. The molecule has 1 aromatic carbocycles. The molecule has 2 N–H and O–H groups in total. The summed E-state index contributed by atoms with van der Waals surface area (Å²) in [5.74, 6) is 1.44. The van der Waals surface area contributed by atoms with Crippen LogP contribution < -0.4 is 15.5 Å². The van der Waals surface area contributed by atoms with E-state index in [1.807, 2.05) is 76.2 Å². The van der Waals surface area contributed by atoms with Crippen LogP contribution in [0.4, 0.5) is 5.82 Å². The molecule has 0 saturated heterocycles. The Morgan fingerprint density at radius 2 is 1.80 bits per heavy atom. The van der Waals surface area contributed by atoms with E-state index < -0.39 is 12.1 Å². The topological polar surface area (TPSA) is 125 Å². The minimum absolute atomic E-state index is 0.167. The fraction of sp³-hybridized carbons (Fsp3) is 0.467. The third-order valence-corrected chi connectivity index (χ3v) is 6.99. The van der Waals surface area contributed by atoms with Gasteiger partial charge in [-0.2, -0.15) is 5.10 Å². The number of amides is 3. The Morgan fingerprint density at radius 1 is 1.05 bits per heavy atom. The van der Waals surface area contributed by atoms with Crippen molar-refractivity contribution >= 4 is 23.5 Å². The summed E-state index contributed by atoms with van der Waals surface area (Å²) < 4.78 is 1.77. The molecule has 0 spiro atoms. The Bertz CT molecular complexity index is 1340. The molecule has 1 aliphatic rings. The van der Waals surface area contributed by atoms with Gasteiger partial charge in [-0.25, -0.2) is 14.6 Å². The minimum Gasteiger partial charge on any atom is -0.363 e. The van der Waals surface area contributed by atoms with E-state index in [2.05, 4.69) is 15.6 Å². The van der Waals surface area contributed by atoms with Crippen molar-refractivity contribution in [2.75, 3.05) is 32.1 Å². The molecule has 41 heavy (non-hydrogen) atoms. The van der Waals surface area contributed by atoms with Crippen LogP contribution in [0.15, 0.2) is 48.7 Å². The van der Waals surface area contributed by atoms with E-state index in [0.29, 0.717) is 49.7 Å². The first-order valence-electron chi connectivity index (χ1n) is 14.1. The summed E-state index contributed by atoms with van der Waals surface area (Å²) in [6.07, 6.45) is 2.74. The second kappa shape index (κ2) is 13.4. The van der Waals surface area contributed by atoms with Crippen molar-refractivity contribution in [1.82, 2.24) is 35.3 Å². The van der Waals surface area contributed by atoms with Gasteiger partial charge in [0.05, 0.1) is 18.2 Å². The molecule has 4 rings (SSSR count). The van der Waals surface area contributed by atoms with Gasteiger partial charge < -0.3 is 20.4 Å². The molecule has 0 saturated carbocycles. The number of aromatic nitrogens is 4. The molecule has 3 amide bonds. The normalized spacial score (nSPS) is 18.7. The predicted octanol–water partition coefficient (Wildman–Crippen LogP) is 3.05. The van der Waals surface area contributed by atoms with Gasteiger partial charge in [0, 0.05) is 45.4 Å². The molecule has 0 fully saturated rings. The molecule has 11 nitrogen and oxygen atoms in total. The predicted molar refractivity (Wildman–Crippen MR) is 157 cm³/mol. The molecule has 1 aliphatic heterocycles. The molecular formula is C30H40N8O3. The van der Waals surface area contributed by atoms with Crippen LogP contribution in [0.5, 0.6) is 0 Å². The van der Waals surface area contributed by atoms with E-state index in [1.54, 1.807) is 21.8 Å². The fourth-order valence-electron chi connectivity index (χ4n) is 4.82. The number of carbonyl (C=O) groups excluding carboxylic acids is 3. The lowest BCUT2D eigenvalue weighted by molar-refractivity contribution is -0.129. The Morgan fingerprint density at radius 3 is 2.46 bits per heavy atom. The number of rotatable bonds is 5. The lowest BCUT2D eigenvalue weighted by atomic mass is 10.0. The molecule has 3 heterocycles. The maximum atomic E-state index is 13.6. The second-order valence-electron chi connectivity index (χ2n) is 11.1. The molecule has 2 aromatic heterocycles. The number of carbonyl (C=O) groups is 3. The van der Waals surface area contributed by atoms with Crippen LogP contribution in [0.25, 0.3) is 11.4 Å². The van der Waals surface area contributed by atoms with Crippen LogP contribution in [0, 0.1) is 5.92 Å². The first-order valence-corrected chi connectivity index (χ1v) is 14.1. The Hall–Kier alpha value is -4.28. The number of anilines is 1. The average Bonchev–Trinajstić information content (AvgIpc) is 3.38. The largest absolute Gasteiger partial charge is 0.363 e. The summed E-state index contributed by atoms with van der Waals surface area (Å²) in [6, 6.07) is 12.1. The van der Waals surface area contributed by atoms with Crippen molar-refractivity contribution in [3.8, 4) is 11.4 Å². The van der Waals surface area contributed by atoms with Crippen LogP contribution in [0.3, 0.4) is 0 Å². The van der Waals surface area contributed by atoms with Crippen LogP contribution in [-0.2, 0) is 16.1 Å². The fourth-order valence-corrected chi connectivity index (χ4v) is 4.82. The second-order valence-corrected chi connectivity index (χ2v) is 11.1. The quantitative estimate of drug-likeness (QED) is 0.491. The third-order valence-electron chi connectivity index (χ3n) is 6.99. The molecule has 11 heteroatoms. The summed E-state index contributed by atoms with van der Waals surface area (Å²) in [5, 5.41) is 10.7. The maximum Gasteiger partial charge on any atom is 0.255 e. The highest BCUT2D eigenvalue weighted by atomic mass is 16.2. The lowest BCUT2D eigenvalue weighted by Gasteiger charge is -2.26. The molecule has 218 valence electrons. The standard InChI is InChI=1S/C30H40N8O3/c1-20(2)18-24-29(40)32-21(3)28-34-27(22-10-7-6-8-11-22)35-38(28)17-16-37(15-9-12-26(39)33-24)30(41)23-13-14-25(31-19-23)36(4)5/h6-8,10-11,13-14,19-21,24H,9,12,15-18H2,1-5H3,(H,32,40)(H,33,39)/t21-,24-/m1/s1. The zero-order valence-corrected chi connectivity index (χ0v) is 24.5. The minimum atomic E-state index is -0.670. The number of hydrogen-bond acceptors (Lipinski definition) is 7. The van der Waals surface area contributed by atoms with Gasteiger partial charge >= 0.3 is 0 Å². The van der Waals surface area contributed by atoms with Crippen molar-refractivity contribution in [3.63, 3.8) is 0 Å². The SMILES string of the molecule is CC(C)C[C@H]1NC(=O)CCCN(C(=O)c2ccc(N(C)C)nc2)CCn2nc(-c3ccccc3)nc2[C@@H](C)NC1=O. The number of nitrogens with zero attached hydrogens (tertiary/aromatic N) is 6. The highest BCUT2D eigenvalue weighted by molar-refractivity contribution is 5.94. The van der Waals surface area contributed by atoms with E-state index in [9.17, 15) is 14.4 Å². The van der Waals surface area contributed by atoms with Gasteiger partial charge in [-0.15, -0.1) is 0 Å². The van der Waals surface area contributed by atoms with Crippen LogP contribution in [0.1, 0.15) is 62.3 Å². The van der Waals surface area contributed by atoms with Gasteiger partial charge in [0.25, 0.3) is 5.91 Å². The Kier molecular flexibility index (Phi) is 9.69. The van der Waals surface area contributed by atoms with Gasteiger partial charge in [0.1, 0.15) is 17.7 Å². The summed E-state index contributed by atoms with van der Waals surface area (Å²) in [5.41, 5.74) is 1.33. The van der Waals surface area contributed by atoms with Crippen LogP contribution in [0.2, 0.25) is 0 Å². The van der Waals surface area contributed by atoms with Gasteiger partial charge in [0.15, 0.2) is 5.82 Å². The zero-order chi connectivity index (χ0) is 29.5. The summed E-state index contributed by atoms with van der Waals surface area (Å²) in [6.45, 7) is 6.96. The van der Waals surface area contributed by atoms with Gasteiger partial charge in [-0.05, 0) is 37.8 Å². The number of benzene rings is 1. The Balaban J connectivity index is 1.67. The van der Waals surface area contributed by atoms with E-state index in [4.69, 9.17) is 10.1 Å². The summed E-state index contributed by atoms with van der Waals surface area (Å²) in [4.78, 5) is 52.5. The van der Waals surface area contributed by atoms with Crippen LogP contribution in [-0.4, -0.2) is 75.6 Å². The van der Waals surface area contributed by atoms with E-state index >= 15 is 0 Å². The zero-order valence-electron chi connectivity index (χ0n) is 24.5. The van der Waals surface area contributed by atoms with Crippen molar-refractivity contribution in [1.29, 1.82) is 0 Å². The first kappa shape index (κ1) is 29.7. The first-order chi connectivity index (χ1) is 19.6. The van der Waals surface area contributed by atoms with Crippen LogP contribution >= 0.6 is 0 Å². The lowest BCUT2D eigenvalue weighted by Crippen LogP contribution is -2.48. The molecule has 0 unspecified atom stereocenters. The molecule has 3 aromatic rings. The molecule has 0 radical (unpaired) electrons. The average molecular weight is 561 g/mol. The van der Waals surface area contributed by atoms with Gasteiger partial charge in [-0.1, -0.05) is 44.2 Å². The Labute approximate surface area is 241 Å². The highest BCUT2D eigenvalue weighted by Gasteiger charge is 2.27. The summed E-state index contributed by atoms with van der Waals surface area (Å²) >= 11 is 0. The third kappa shape index (κ3) is 7.68. The van der Waals surface area contributed by atoms with E-state index in [-0.39, 0.29) is 30.1 Å². The summed E-state index contributed by atoms with van der Waals surface area (Å²) in [7, 11) is 3.79. The van der Waals surface area contributed by atoms with Crippen molar-refractivity contribution < 1.29 is 14.4 Å². The van der Waals surface area contributed by atoms with Gasteiger partial charge in [-0.3, -0.25) is 14.4 Å². The monoisotopic (exact) mass is 560 g/mol. The van der Waals surface area contributed by atoms with Crippen molar-refractivity contribution in [2.45, 2.75) is 58.7 Å². The van der Waals surface area contributed by atoms with E-state index in [1.165, 1.54) is 0 Å². The number of fused-ring (bicyclic) bond motifs is 1. The van der Waals surface area contributed by atoms with Crippen molar-refractivity contribution in [2.24, 2.45) is 5.92 Å². The number of nitrogens with one attached hydrogen (secondary N) is 2. The number of pyridine rings is 1. The molecule has 0 aliphatic carbocycles. The van der Waals surface area contributed by atoms with Gasteiger partial charge in [0.2, 0.25) is 11.8 Å². The highest BCUT2D eigenvalue weighted by Crippen LogP contribution is 2.20. The number of hydrogen-bond donors (Lipinski definition) is 2. The maximum absolute atomic E-state index is 13.6. The smallest absolute Gasteiger partial charge is 0.255 e. The molecule has 0 bridgehead atoms.